The van der Waals surface area contributed by atoms with Crippen LogP contribution >= 0.6 is 0 Å². The molecule has 0 saturated carbocycles. The summed E-state index contributed by atoms with van der Waals surface area (Å²) in [6, 6.07) is 12.2. The van der Waals surface area contributed by atoms with Gasteiger partial charge >= 0.3 is 5.97 Å². The molecular weight excluding hydrogens is 356 g/mol. The van der Waals surface area contributed by atoms with Gasteiger partial charge in [-0.2, -0.15) is 0 Å². The van der Waals surface area contributed by atoms with E-state index < -0.39 is 21.1 Å². The summed E-state index contributed by atoms with van der Waals surface area (Å²) in [5.41, 5.74) is 7.26. The molecule has 0 saturated heterocycles. The first-order chi connectivity index (χ1) is 12.3. The number of rotatable bonds is 7. The predicted octanol–water partition coefficient (Wildman–Crippen LogP) is 2.03. The molecular formula is C18H20N2O5S. The van der Waals surface area contributed by atoms with E-state index in [1.807, 2.05) is 0 Å². The van der Waals surface area contributed by atoms with E-state index in [2.05, 4.69) is 5.32 Å². The van der Waals surface area contributed by atoms with Crippen molar-refractivity contribution in [3.8, 4) is 0 Å². The SMILES string of the molecule is CCC(C(=O)O)S(=O)(=O)c1ccc(NC(=O)c2ccc(CN)cc2)cc1. The second-order valence-electron chi connectivity index (χ2n) is 5.66. The maximum Gasteiger partial charge on any atom is 0.322 e. The van der Waals surface area contributed by atoms with Crippen LogP contribution in [-0.4, -0.2) is 30.7 Å². The zero-order valence-electron chi connectivity index (χ0n) is 14.2. The van der Waals surface area contributed by atoms with Crippen LogP contribution in [0.5, 0.6) is 0 Å². The first-order valence-electron chi connectivity index (χ1n) is 7.96. The van der Waals surface area contributed by atoms with Crippen LogP contribution in [0.4, 0.5) is 5.69 Å². The van der Waals surface area contributed by atoms with Crippen molar-refractivity contribution >= 4 is 27.4 Å². The fourth-order valence-electron chi connectivity index (χ4n) is 2.41. The van der Waals surface area contributed by atoms with E-state index in [4.69, 9.17) is 10.8 Å². The normalized spacial score (nSPS) is 12.4. The van der Waals surface area contributed by atoms with Gasteiger partial charge in [0.15, 0.2) is 15.1 Å². The van der Waals surface area contributed by atoms with Crippen LogP contribution in [0.15, 0.2) is 53.4 Å². The smallest absolute Gasteiger partial charge is 0.322 e. The second kappa shape index (κ2) is 8.11. The van der Waals surface area contributed by atoms with Gasteiger partial charge in [-0.1, -0.05) is 19.1 Å². The number of carbonyl (C=O) groups excluding carboxylic acids is 1. The summed E-state index contributed by atoms with van der Waals surface area (Å²) in [6.07, 6.45) is -0.0328. The molecule has 8 heteroatoms. The Labute approximate surface area is 151 Å². The van der Waals surface area contributed by atoms with Crippen LogP contribution in [-0.2, 0) is 21.2 Å². The average Bonchev–Trinajstić information content (AvgIpc) is 2.62. The molecule has 0 aromatic heterocycles. The van der Waals surface area contributed by atoms with Crippen LogP contribution in [0.25, 0.3) is 0 Å². The number of benzene rings is 2. The number of carboxylic acid groups (broad SMARTS) is 1. The van der Waals surface area contributed by atoms with E-state index in [0.29, 0.717) is 17.8 Å². The molecule has 0 heterocycles. The number of hydrogen-bond donors (Lipinski definition) is 3. The lowest BCUT2D eigenvalue weighted by molar-refractivity contribution is -0.136. The highest BCUT2D eigenvalue weighted by Crippen LogP contribution is 2.21. The Kier molecular flexibility index (Phi) is 6.12. The zero-order valence-corrected chi connectivity index (χ0v) is 15.0. The molecule has 0 aliphatic carbocycles. The molecule has 1 unspecified atom stereocenters. The minimum absolute atomic E-state index is 0.0328. The highest BCUT2D eigenvalue weighted by atomic mass is 32.2. The van der Waals surface area contributed by atoms with E-state index in [1.54, 1.807) is 24.3 Å². The van der Waals surface area contributed by atoms with Crippen LogP contribution in [0.2, 0.25) is 0 Å². The summed E-state index contributed by atoms with van der Waals surface area (Å²) < 4.78 is 24.7. The number of carboxylic acids is 1. The average molecular weight is 376 g/mol. The molecule has 1 amide bonds. The van der Waals surface area contributed by atoms with Crippen LogP contribution in [0, 0.1) is 0 Å². The summed E-state index contributed by atoms with van der Waals surface area (Å²) >= 11 is 0. The molecule has 0 aliphatic rings. The molecule has 26 heavy (non-hydrogen) atoms. The summed E-state index contributed by atoms with van der Waals surface area (Å²) in [4.78, 5) is 23.2. The van der Waals surface area contributed by atoms with Gasteiger partial charge in [0.2, 0.25) is 0 Å². The molecule has 7 nitrogen and oxygen atoms in total. The van der Waals surface area contributed by atoms with Gasteiger partial charge in [-0.25, -0.2) is 8.42 Å². The van der Waals surface area contributed by atoms with Gasteiger partial charge < -0.3 is 16.2 Å². The van der Waals surface area contributed by atoms with Gasteiger partial charge in [-0.3, -0.25) is 9.59 Å². The van der Waals surface area contributed by atoms with Crippen LogP contribution < -0.4 is 11.1 Å². The Bertz CT molecular complexity index is 890. The largest absolute Gasteiger partial charge is 0.480 e. The number of anilines is 1. The number of amides is 1. The van der Waals surface area contributed by atoms with Crippen LogP contribution in [0.1, 0.15) is 29.3 Å². The minimum atomic E-state index is -3.98. The van der Waals surface area contributed by atoms with E-state index in [-0.39, 0.29) is 17.2 Å². The van der Waals surface area contributed by atoms with Crippen molar-refractivity contribution in [2.45, 2.75) is 30.0 Å². The van der Waals surface area contributed by atoms with E-state index >= 15 is 0 Å². The topological polar surface area (TPSA) is 127 Å². The number of nitrogens with two attached hydrogens (primary N) is 1. The molecule has 2 aromatic rings. The standard InChI is InChI=1S/C18H20N2O5S/c1-2-16(18(22)23)26(24,25)15-9-7-14(8-10-15)20-17(21)13-5-3-12(11-19)4-6-13/h3-10,16H,2,11,19H2,1H3,(H,20,21)(H,22,23). The van der Waals surface area contributed by atoms with E-state index in [0.717, 1.165) is 5.56 Å². The van der Waals surface area contributed by atoms with Gasteiger partial charge in [0, 0.05) is 17.8 Å². The summed E-state index contributed by atoms with van der Waals surface area (Å²) in [5, 5.41) is 10.2. The molecule has 2 rings (SSSR count). The highest BCUT2D eigenvalue weighted by Gasteiger charge is 2.32. The van der Waals surface area contributed by atoms with Crippen molar-refractivity contribution in [2.24, 2.45) is 5.73 Å². The maximum atomic E-state index is 12.3. The summed E-state index contributed by atoms with van der Waals surface area (Å²) in [7, 11) is -3.98. The number of hydrogen-bond acceptors (Lipinski definition) is 5. The van der Waals surface area contributed by atoms with Crippen molar-refractivity contribution in [3.63, 3.8) is 0 Å². The quantitative estimate of drug-likeness (QED) is 0.679. The Balaban J connectivity index is 2.16. The highest BCUT2D eigenvalue weighted by molar-refractivity contribution is 7.92. The maximum absolute atomic E-state index is 12.3. The Hall–Kier alpha value is -2.71. The lowest BCUT2D eigenvalue weighted by atomic mass is 10.1. The first-order valence-corrected chi connectivity index (χ1v) is 9.51. The van der Waals surface area contributed by atoms with Crippen molar-refractivity contribution in [3.05, 3.63) is 59.7 Å². The van der Waals surface area contributed by atoms with Gasteiger partial charge in [-0.15, -0.1) is 0 Å². The van der Waals surface area contributed by atoms with Gasteiger partial charge in [-0.05, 0) is 48.4 Å². The lowest BCUT2D eigenvalue weighted by Crippen LogP contribution is -2.29. The Morgan fingerprint density at radius 1 is 1.08 bits per heavy atom. The second-order valence-corrected chi connectivity index (χ2v) is 7.79. The Morgan fingerprint density at radius 3 is 2.12 bits per heavy atom. The zero-order chi connectivity index (χ0) is 19.3. The fourth-order valence-corrected chi connectivity index (χ4v) is 3.96. The Morgan fingerprint density at radius 2 is 1.65 bits per heavy atom. The van der Waals surface area contributed by atoms with Gasteiger partial charge in [0.1, 0.15) is 0 Å². The van der Waals surface area contributed by atoms with Gasteiger partial charge in [0.25, 0.3) is 5.91 Å². The first kappa shape index (κ1) is 19.6. The van der Waals surface area contributed by atoms with E-state index in [1.165, 1.54) is 31.2 Å². The van der Waals surface area contributed by atoms with Gasteiger partial charge in [0.05, 0.1) is 4.90 Å². The summed E-state index contributed by atoms with van der Waals surface area (Å²) in [5.74, 6) is -1.73. The van der Waals surface area contributed by atoms with Crippen LogP contribution in [0.3, 0.4) is 0 Å². The van der Waals surface area contributed by atoms with Crippen molar-refractivity contribution in [1.82, 2.24) is 0 Å². The summed E-state index contributed by atoms with van der Waals surface area (Å²) in [6.45, 7) is 1.88. The third kappa shape index (κ3) is 4.27. The molecule has 138 valence electrons. The molecule has 0 fully saturated rings. The van der Waals surface area contributed by atoms with Crippen molar-refractivity contribution < 1.29 is 23.1 Å². The minimum Gasteiger partial charge on any atom is -0.480 e. The monoisotopic (exact) mass is 376 g/mol. The molecule has 1 atom stereocenters. The van der Waals surface area contributed by atoms with E-state index in [9.17, 15) is 18.0 Å². The molecule has 2 aromatic carbocycles. The van der Waals surface area contributed by atoms with Crippen molar-refractivity contribution in [1.29, 1.82) is 0 Å². The number of carbonyl (C=O) groups is 2. The number of nitrogens with one attached hydrogen (secondary N) is 1. The molecule has 0 bridgehead atoms. The molecule has 0 radical (unpaired) electrons. The van der Waals surface area contributed by atoms with Crippen molar-refractivity contribution in [2.75, 3.05) is 5.32 Å². The fraction of sp³-hybridized carbons (Fsp3) is 0.222. The molecule has 4 N–H and O–H groups in total. The molecule has 0 aliphatic heterocycles. The molecule has 0 spiro atoms. The third-order valence-electron chi connectivity index (χ3n) is 3.91. The lowest BCUT2D eigenvalue weighted by Gasteiger charge is -2.12. The third-order valence-corrected chi connectivity index (χ3v) is 6.13. The number of aliphatic carboxylic acids is 1. The predicted molar refractivity (Wildman–Crippen MR) is 97.6 cm³/mol. The number of sulfone groups is 1.